The second-order valence-electron chi connectivity index (χ2n) is 4.93. The molecule has 0 aliphatic heterocycles. The molecule has 0 atom stereocenters. The monoisotopic (exact) mass is 310 g/mol. The Morgan fingerprint density at radius 3 is 2.33 bits per heavy atom. The lowest BCUT2D eigenvalue weighted by atomic mass is 9.64. The summed E-state index contributed by atoms with van der Waals surface area (Å²) in [6.45, 7) is -0.531. The molecule has 1 saturated carbocycles. The summed E-state index contributed by atoms with van der Waals surface area (Å²) < 4.78 is 5.00. The van der Waals surface area contributed by atoms with Crippen molar-refractivity contribution >= 4 is 29.5 Å². The van der Waals surface area contributed by atoms with Gasteiger partial charge >= 0.3 is 12.0 Å². The average Bonchev–Trinajstić information content (AvgIpc) is 2.36. The number of benzene rings is 1. The molecule has 7 heteroatoms. The first-order chi connectivity index (χ1) is 9.94. The van der Waals surface area contributed by atoms with Gasteiger partial charge in [-0.3, -0.25) is 14.9 Å². The van der Waals surface area contributed by atoms with Crippen LogP contribution in [0.5, 0.6) is 0 Å². The van der Waals surface area contributed by atoms with Gasteiger partial charge in [0.25, 0.3) is 5.91 Å². The minimum Gasteiger partial charge on any atom is -0.455 e. The molecule has 3 amide bonds. The van der Waals surface area contributed by atoms with Crippen LogP contribution in [0.4, 0.5) is 4.79 Å². The summed E-state index contributed by atoms with van der Waals surface area (Å²) in [5, 5.41) is 2.42. The molecule has 6 nitrogen and oxygen atoms in total. The summed E-state index contributed by atoms with van der Waals surface area (Å²) in [6.07, 6.45) is 2.22. The Morgan fingerprint density at radius 2 is 1.86 bits per heavy atom. The number of carbonyl (C=O) groups is 3. The molecule has 3 N–H and O–H groups in total. The minimum atomic E-state index is -0.980. The smallest absolute Gasteiger partial charge is 0.318 e. The van der Waals surface area contributed by atoms with E-state index in [1.165, 1.54) is 0 Å². The van der Waals surface area contributed by atoms with E-state index in [1.807, 2.05) is 5.32 Å². The summed E-state index contributed by atoms with van der Waals surface area (Å²) in [6, 6.07) is 6.01. The fourth-order valence-electron chi connectivity index (χ4n) is 2.35. The lowest BCUT2D eigenvalue weighted by Crippen LogP contribution is -2.45. The highest BCUT2D eigenvalue weighted by Crippen LogP contribution is 2.44. The fraction of sp³-hybridized carbons (Fsp3) is 0.357. The first kappa shape index (κ1) is 15.3. The molecule has 0 heterocycles. The molecule has 2 rings (SSSR count). The molecule has 0 unspecified atom stereocenters. The maximum Gasteiger partial charge on any atom is 0.318 e. The number of nitrogens with one attached hydrogen (secondary N) is 1. The van der Waals surface area contributed by atoms with E-state index in [4.69, 9.17) is 22.1 Å². The normalized spacial score (nSPS) is 15.7. The molecule has 0 saturated heterocycles. The molecular weight excluding hydrogens is 296 g/mol. The maximum absolute atomic E-state index is 12.3. The van der Waals surface area contributed by atoms with Gasteiger partial charge in [-0.15, -0.1) is 0 Å². The quantitative estimate of drug-likeness (QED) is 0.823. The first-order valence-corrected chi connectivity index (χ1v) is 6.84. The van der Waals surface area contributed by atoms with Crippen LogP contribution in [0, 0.1) is 0 Å². The Bertz CT molecular complexity index is 567. The number of carbonyl (C=O) groups excluding carboxylic acids is 3. The third kappa shape index (κ3) is 3.33. The number of rotatable bonds is 4. The summed E-state index contributed by atoms with van der Waals surface area (Å²) >= 11 is 5.84. The number of imide groups is 1. The van der Waals surface area contributed by atoms with Gasteiger partial charge in [0.1, 0.15) is 0 Å². The second kappa shape index (κ2) is 6.13. The van der Waals surface area contributed by atoms with Crippen LogP contribution >= 0.6 is 11.6 Å². The molecule has 1 aliphatic carbocycles. The van der Waals surface area contributed by atoms with E-state index in [9.17, 15) is 14.4 Å². The Balaban J connectivity index is 2.03. The van der Waals surface area contributed by atoms with Crippen LogP contribution in [0.2, 0.25) is 5.02 Å². The molecule has 21 heavy (non-hydrogen) atoms. The molecule has 0 radical (unpaired) electrons. The van der Waals surface area contributed by atoms with Crippen molar-refractivity contribution in [1.29, 1.82) is 0 Å². The van der Waals surface area contributed by atoms with Gasteiger partial charge in [0.2, 0.25) is 0 Å². The zero-order valence-electron chi connectivity index (χ0n) is 11.2. The van der Waals surface area contributed by atoms with Crippen molar-refractivity contribution in [3.05, 3.63) is 34.9 Å². The van der Waals surface area contributed by atoms with E-state index >= 15 is 0 Å². The highest BCUT2D eigenvalue weighted by molar-refractivity contribution is 6.30. The number of nitrogens with two attached hydrogens (primary N) is 1. The highest BCUT2D eigenvalue weighted by atomic mass is 35.5. The van der Waals surface area contributed by atoms with Gasteiger partial charge in [-0.2, -0.15) is 0 Å². The lowest BCUT2D eigenvalue weighted by molar-refractivity contribution is -0.157. The van der Waals surface area contributed by atoms with Gasteiger partial charge < -0.3 is 10.5 Å². The number of hydrogen-bond donors (Lipinski definition) is 2. The predicted molar refractivity (Wildman–Crippen MR) is 75.7 cm³/mol. The molecule has 1 fully saturated rings. The zero-order valence-corrected chi connectivity index (χ0v) is 12.0. The topological polar surface area (TPSA) is 98.5 Å². The molecule has 112 valence electrons. The number of primary amides is 1. The van der Waals surface area contributed by atoms with Crippen molar-refractivity contribution in [2.24, 2.45) is 5.73 Å². The van der Waals surface area contributed by atoms with Crippen molar-refractivity contribution in [3.8, 4) is 0 Å². The summed E-state index contributed by atoms with van der Waals surface area (Å²) in [5.41, 5.74) is 4.90. The van der Waals surface area contributed by atoms with E-state index in [0.29, 0.717) is 17.9 Å². The van der Waals surface area contributed by atoms with Gasteiger partial charge in [-0.1, -0.05) is 30.2 Å². The average molecular weight is 311 g/mol. The number of halogens is 1. The van der Waals surface area contributed by atoms with Crippen LogP contribution < -0.4 is 11.1 Å². The van der Waals surface area contributed by atoms with Gasteiger partial charge in [-0.25, -0.2) is 4.79 Å². The molecule has 1 aromatic carbocycles. The third-order valence-corrected chi connectivity index (χ3v) is 3.84. The fourth-order valence-corrected chi connectivity index (χ4v) is 2.48. The van der Waals surface area contributed by atoms with Crippen molar-refractivity contribution < 1.29 is 19.1 Å². The Morgan fingerprint density at radius 1 is 1.24 bits per heavy atom. The van der Waals surface area contributed by atoms with Crippen LogP contribution in [-0.4, -0.2) is 24.5 Å². The van der Waals surface area contributed by atoms with Gasteiger partial charge in [-0.05, 0) is 30.5 Å². The van der Waals surface area contributed by atoms with Crippen LogP contribution in [0.25, 0.3) is 0 Å². The highest BCUT2D eigenvalue weighted by Gasteiger charge is 2.47. The van der Waals surface area contributed by atoms with Crippen molar-refractivity contribution in [2.75, 3.05) is 6.61 Å². The second-order valence-corrected chi connectivity index (χ2v) is 5.37. The number of hydrogen-bond acceptors (Lipinski definition) is 4. The van der Waals surface area contributed by atoms with Crippen molar-refractivity contribution in [2.45, 2.75) is 24.7 Å². The summed E-state index contributed by atoms with van der Waals surface area (Å²) in [5.74, 6) is -1.22. The Hall–Kier alpha value is -2.08. The van der Waals surface area contributed by atoms with E-state index in [0.717, 1.165) is 12.0 Å². The van der Waals surface area contributed by atoms with Gasteiger partial charge in [0, 0.05) is 5.02 Å². The first-order valence-electron chi connectivity index (χ1n) is 6.46. The van der Waals surface area contributed by atoms with E-state index in [2.05, 4.69) is 0 Å². The van der Waals surface area contributed by atoms with Crippen molar-refractivity contribution in [3.63, 3.8) is 0 Å². The molecule has 1 aliphatic rings. The standard InChI is InChI=1S/C14H15ClN2O4/c15-10-4-2-9(3-5-10)14(6-1-7-14)12(19)21-8-11(18)17-13(16)20/h2-5H,1,6-8H2,(H3,16,17,18,20). The number of ether oxygens (including phenoxy) is 1. The summed E-state index contributed by atoms with van der Waals surface area (Å²) in [7, 11) is 0. The third-order valence-electron chi connectivity index (χ3n) is 3.59. The lowest BCUT2D eigenvalue weighted by Gasteiger charge is -2.39. The number of amides is 3. The predicted octanol–water partition coefficient (Wildman–Crippen LogP) is 1.50. The molecule has 0 spiro atoms. The van der Waals surface area contributed by atoms with Gasteiger partial charge in [0.05, 0.1) is 5.41 Å². The molecule has 1 aromatic rings. The van der Waals surface area contributed by atoms with Gasteiger partial charge in [0.15, 0.2) is 6.61 Å². The summed E-state index contributed by atoms with van der Waals surface area (Å²) in [4.78, 5) is 34.0. The number of urea groups is 1. The van der Waals surface area contributed by atoms with Crippen LogP contribution in [0.3, 0.4) is 0 Å². The van der Waals surface area contributed by atoms with Crippen LogP contribution in [0.15, 0.2) is 24.3 Å². The molecule has 0 bridgehead atoms. The van der Waals surface area contributed by atoms with E-state index < -0.39 is 29.9 Å². The SMILES string of the molecule is NC(=O)NC(=O)COC(=O)C1(c2ccc(Cl)cc2)CCC1. The largest absolute Gasteiger partial charge is 0.455 e. The minimum absolute atomic E-state index is 0.476. The molecule has 0 aromatic heterocycles. The Kier molecular flexibility index (Phi) is 4.47. The Labute approximate surface area is 126 Å². The zero-order chi connectivity index (χ0) is 15.5. The van der Waals surface area contributed by atoms with Crippen molar-refractivity contribution in [1.82, 2.24) is 5.32 Å². The van der Waals surface area contributed by atoms with Crippen LogP contribution in [-0.2, 0) is 19.7 Å². The molecular formula is C14H15ClN2O4. The number of esters is 1. The van der Waals surface area contributed by atoms with E-state index in [-0.39, 0.29) is 0 Å². The maximum atomic E-state index is 12.3. The van der Waals surface area contributed by atoms with Crippen LogP contribution in [0.1, 0.15) is 24.8 Å². The van der Waals surface area contributed by atoms with E-state index in [1.54, 1.807) is 24.3 Å².